The van der Waals surface area contributed by atoms with Crippen LogP contribution in [-0.2, 0) is 13.2 Å². The van der Waals surface area contributed by atoms with E-state index in [2.05, 4.69) is 10.3 Å². The number of Topliss-reactive ketones (excluding diaryl/α,β-unsaturated/α-hetero) is 1. The van der Waals surface area contributed by atoms with Crippen LogP contribution in [0, 0.1) is 0 Å². The van der Waals surface area contributed by atoms with Gasteiger partial charge in [0.15, 0.2) is 5.78 Å². The Hall–Kier alpha value is -3.61. The highest BCUT2D eigenvalue weighted by atomic mass is 19.4. The summed E-state index contributed by atoms with van der Waals surface area (Å²) in [4.78, 5) is 16.0. The average Bonchev–Trinajstić information content (AvgIpc) is 3.05. The standard InChI is InChI=1S/C23H18F3N3O/c1-14(30)15-5-4-8-18(12-15)28-22-19-13-21(29(2)20(19)9-10-27-22)16-6-3-7-17(11-16)23(24,25)26/h3-13H,1-2H3,(H,27,28). The largest absolute Gasteiger partial charge is 0.416 e. The quantitative estimate of drug-likeness (QED) is 0.408. The topological polar surface area (TPSA) is 46.9 Å². The van der Waals surface area contributed by atoms with Crippen molar-refractivity contribution >= 4 is 28.2 Å². The van der Waals surface area contributed by atoms with Gasteiger partial charge >= 0.3 is 6.18 Å². The summed E-state index contributed by atoms with van der Waals surface area (Å²) in [5.74, 6) is 0.512. The summed E-state index contributed by atoms with van der Waals surface area (Å²) in [7, 11) is 1.80. The molecule has 0 unspecified atom stereocenters. The van der Waals surface area contributed by atoms with Crippen LogP contribution in [0.3, 0.4) is 0 Å². The monoisotopic (exact) mass is 409 g/mol. The van der Waals surface area contributed by atoms with Crippen LogP contribution in [0.15, 0.2) is 66.9 Å². The van der Waals surface area contributed by atoms with Crippen LogP contribution in [0.5, 0.6) is 0 Å². The first-order chi connectivity index (χ1) is 14.2. The highest BCUT2D eigenvalue weighted by Crippen LogP contribution is 2.35. The number of nitrogens with zero attached hydrogens (tertiary/aromatic N) is 2. The summed E-state index contributed by atoms with van der Waals surface area (Å²) in [6.07, 6.45) is -2.77. The van der Waals surface area contributed by atoms with E-state index in [1.54, 1.807) is 37.5 Å². The van der Waals surface area contributed by atoms with Gasteiger partial charge in [-0.2, -0.15) is 13.2 Å². The van der Waals surface area contributed by atoms with E-state index in [9.17, 15) is 18.0 Å². The van der Waals surface area contributed by atoms with Crippen molar-refractivity contribution in [2.75, 3.05) is 5.32 Å². The minimum atomic E-state index is -4.41. The first-order valence-corrected chi connectivity index (χ1v) is 9.24. The summed E-state index contributed by atoms with van der Waals surface area (Å²) in [5, 5.41) is 3.98. The van der Waals surface area contributed by atoms with Gasteiger partial charge in [0.1, 0.15) is 5.82 Å². The molecule has 2 aromatic carbocycles. The number of hydrogen-bond acceptors (Lipinski definition) is 3. The van der Waals surface area contributed by atoms with E-state index in [-0.39, 0.29) is 5.78 Å². The molecule has 4 nitrogen and oxygen atoms in total. The fourth-order valence-electron chi connectivity index (χ4n) is 3.45. The summed E-state index contributed by atoms with van der Waals surface area (Å²) < 4.78 is 41.2. The lowest BCUT2D eigenvalue weighted by atomic mass is 10.1. The van der Waals surface area contributed by atoms with Gasteiger partial charge in [-0.15, -0.1) is 0 Å². The van der Waals surface area contributed by atoms with Crippen molar-refractivity contribution in [1.29, 1.82) is 0 Å². The molecule has 4 aromatic rings. The van der Waals surface area contributed by atoms with Crippen LogP contribution in [0.25, 0.3) is 22.2 Å². The van der Waals surface area contributed by atoms with Crippen LogP contribution < -0.4 is 5.32 Å². The second kappa shape index (κ2) is 7.33. The van der Waals surface area contributed by atoms with Crippen molar-refractivity contribution in [2.45, 2.75) is 13.1 Å². The molecule has 0 fully saturated rings. The van der Waals surface area contributed by atoms with E-state index < -0.39 is 11.7 Å². The average molecular weight is 409 g/mol. The zero-order valence-corrected chi connectivity index (χ0v) is 16.3. The third kappa shape index (κ3) is 3.66. The minimum Gasteiger partial charge on any atom is -0.343 e. The fraction of sp³-hybridized carbons (Fsp3) is 0.130. The smallest absolute Gasteiger partial charge is 0.343 e. The Balaban J connectivity index is 1.79. The van der Waals surface area contributed by atoms with Gasteiger partial charge in [-0.1, -0.05) is 24.3 Å². The SMILES string of the molecule is CC(=O)c1cccc(Nc2nccc3c2cc(-c2cccc(C(F)(F)F)c2)n3C)c1. The minimum absolute atomic E-state index is 0.0450. The van der Waals surface area contributed by atoms with Gasteiger partial charge in [0.2, 0.25) is 0 Å². The number of alkyl halides is 3. The van der Waals surface area contributed by atoms with Crippen molar-refractivity contribution < 1.29 is 18.0 Å². The number of halogens is 3. The van der Waals surface area contributed by atoms with Gasteiger partial charge in [-0.25, -0.2) is 4.98 Å². The molecule has 0 saturated carbocycles. The normalized spacial score (nSPS) is 11.6. The molecule has 0 aliphatic rings. The summed E-state index contributed by atoms with van der Waals surface area (Å²) in [5.41, 5.74) is 2.51. The van der Waals surface area contributed by atoms with Crippen molar-refractivity contribution in [1.82, 2.24) is 9.55 Å². The van der Waals surface area contributed by atoms with Gasteiger partial charge in [0, 0.05) is 35.6 Å². The van der Waals surface area contributed by atoms with Gasteiger partial charge in [-0.05, 0) is 48.9 Å². The molecule has 2 aromatic heterocycles. The van der Waals surface area contributed by atoms with Crippen molar-refractivity contribution in [3.8, 4) is 11.3 Å². The van der Waals surface area contributed by atoms with E-state index in [0.29, 0.717) is 28.3 Å². The highest BCUT2D eigenvalue weighted by Gasteiger charge is 2.30. The number of rotatable bonds is 4. The van der Waals surface area contributed by atoms with E-state index >= 15 is 0 Å². The molecule has 0 saturated heterocycles. The van der Waals surface area contributed by atoms with Gasteiger partial charge in [0.05, 0.1) is 11.1 Å². The van der Waals surface area contributed by atoms with E-state index in [1.807, 2.05) is 22.8 Å². The van der Waals surface area contributed by atoms with Crippen LogP contribution in [0.1, 0.15) is 22.8 Å². The summed E-state index contributed by atoms with van der Waals surface area (Å²) >= 11 is 0. The molecular formula is C23H18F3N3O. The maximum absolute atomic E-state index is 13.1. The van der Waals surface area contributed by atoms with Gasteiger partial charge in [0.25, 0.3) is 0 Å². The maximum atomic E-state index is 13.1. The van der Waals surface area contributed by atoms with E-state index in [4.69, 9.17) is 0 Å². The molecule has 1 N–H and O–H groups in total. The van der Waals surface area contributed by atoms with Gasteiger partial charge in [-0.3, -0.25) is 4.79 Å². The molecule has 4 rings (SSSR count). The maximum Gasteiger partial charge on any atom is 0.416 e. The number of carbonyl (C=O) groups excluding carboxylic acids is 1. The Bertz CT molecular complexity index is 1260. The Morgan fingerprint density at radius 1 is 1.03 bits per heavy atom. The lowest BCUT2D eigenvalue weighted by Gasteiger charge is -2.09. The molecule has 152 valence electrons. The van der Waals surface area contributed by atoms with Gasteiger partial charge < -0.3 is 9.88 Å². The third-order valence-corrected chi connectivity index (χ3v) is 4.99. The summed E-state index contributed by atoms with van der Waals surface area (Å²) in [6.45, 7) is 1.50. The number of carbonyl (C=O) groups is 1. The molecule has 0 amide bonds. The van der Waals surface area contributed by atoms with Crippen LogP contribution in [0.2, 0.25) is 0 Å². The zero-order valence-electron chi connectivity index (χ0n) is 16.3. The fourth-order valence-corrected chi connectivity index (χ4v) is 3.45. The molecule has 0 bridgehead atoms. The van der Waals surface area contributed by atoms with E-state index in [1.165, 1.54) is 13.0 Å². The van der Waals surface area contributed by atoms with E-state index in [0.717, 1.165) is 23.0 Å². The van der Waals surface area contributed by atoms with Crippen molar-refractivity contribution in [2.24, 2.45) is 7.05 Å². The molecule has 0 aliphatic heterocycles. The number of anilines is 2. The number of aromatic nitrogens is 2. The number of hydrogen-bond donors (Lipinski definition) is 1. The highest BCUT2D eigenvalue weighted by molar-refractivity contribution is 5.97. The molecule has 2 heterocycles. The predicted octanol–water partition coefficient (Wildman–Crippen LogP) is 6.21. The summed E-state index contributed by atoms with van der Waals surface area (Å²) in [6, 6.07) is 15.9. The zero-order chi connectivity index (χ0) is 21.5. The Labute approximate surface area is 171 Å². The molecule has 7 heteroatoms. The second-order valence-corrected chi connectivity index (χ2v) is 7.02. The molecule has 30 heavy (non-hydrogen) atoms. The number of aryl methyl sites for hydroxylation is 1. The Kier molecular flexibility index (Phi) is 4.81. The molecule has 0 radical (unpaired) electrons. The van der Waals surface area contributed by atoms with Crippen LogP contribution in [-0.4, -0.2) is 15.3 Å². The number of nitrogens with one attached hydrogen (secondary N) is 1. The molecule has 0 aliphatic carbocycles. The predicted molar refractivity (Wildman–Crippen MR) is 111 cm³/mol. The number of ketones is 1. The number of fused-ring (bicyclic) bond motifs is 1. The van der Waals surface area contributed by atoms with Crippen molar-refractivity contribution in [3.63, 3.8) is 0 Å². The molecule has 0 atom stereocenters. The Morgan fingerprint density at radius 2 is 1.80 bits per heavy atom. The molecular weight excluding hydrogens is 391 g/mol. The third-order valence-electron chi connectivity index (χ3n) is 4.99. The first-order valence-electron chi connectivity index (χ1n) is 9.24. The lowest BCUT2D eigenvalue weighted by Crippen LogP contribution is -2.04. The van der Waals surface area contributed by atoms with Crippen LogP contribution in [0.4, 0.5) is 24.7 Å². The molecule has 0 spiro atoms. The second-order valence-electron chi connectivity index (χ2n) is 7.02. The number of benzene rings is 2. The van der Waals surface area contributed by atoms with Crippen LogP contribution >= 0.6 is 0 Å². The lowest BCUT2D eigenvalue weighted by molar-refractivity contribution is -0.137. The Morgan fingerprint density at radius 3 is 2.53 bits per heavy atom. The number of pyridine rings is 1. The van der Waals surface area contributed by atoms with Crippen molar-refractivity contribution in [3.05, 3.63) is 78.0 Å². The first kappa shape index (κ1) is 19.7.